The van der Waals surface area contributed by atoms with Gasteiger partial charge in [-0.1, -0.05) is 35.5 Å². The van der Waals surface area contributed by atoms with Gasteiger partial charge in [0.25, 0.3) is 5.91 Å². The van der Waals surface area contributed by atoms with E-state index in [4.69, 9.17) is 16.3 Å². The fourth-order valence-electron chi connectivity index (χ4n) is 2.79. The largest absolute Gasteiger partial charge is 0.497 e. The van der Waals surface area contributed by atoms with Crippen LogP contribution in [0, 0.1) is 0 Å². The lowest BCUT2D eigenvalue weighted by Crippen LogP contribution is -2.28. The van der Waals surface area contributed by atoms with Gasteiger partial charge in [-0.25, -0.2) is 0 Å². The summed E-state index contributed by atoms with van der Waals surface area (Å²) in [7, 11) is 3.36. The number of rotatable bonds is 8. The first-order chi connectivity index (χ1) is 14.9. The molecule has 0 fully saturated rings. The van der Waals surface area contributed by atoms with Gasteiger partial charge in [0.15, 0.2) is 11.0 Å². The zero-order chi connectivity index (χ0) is 22.4. The molecule has 0 bridgehead atoms. The van der Waals surface area contributed by atoms with E-state index in [-0.39, 0.29) is 23.6 Å². The first-order valence-corrected chi connectivity index (χ1v) is 10.8. The average Bonchev–Trinajstić information content (AvgIpc) is 3.14. The normalized spacial score (nSPS) is 11.6. The predicted molar refractivity (Wildman–Crippen MR) is 121 cm³/mol. The molecule has 162 valence electrons. The number of aromatic nitrogens is 3. The first-order valence-electron chi connectivity index (χ1n) is 9.40. The van der Waals surface area contributed by atoms with Crippen LogP contribution >= 0.6 is 23.4 Å². The third kappa shape index (κ3) is 5.77. The van der Waals surface area contributed by atoms with Crippen molar-refractivity contribution in [2.45, 2.75) is 18.1 Å². The Morgan fingerprint density at radius 2 is 1.87 bits per heavy atom. The Morgan fingerprint density at radius 1 is 1.16 bits per heavy atom. The second-order valence-electron chi connectivity index (χ2n) is 6.64. The smallest absolute Gasteiger partial charge is 0.251 e. The van der Waals surface area contributed by atoms with Crippen LogP contribution in [0.3, 0.4) is 0 Å². The lowest BCUT2D eigenvalue weighted by atomic mass is 10.2. The monoisotopic (exact) mass is 459 g/mol. The van der Waals surface area contributed by atoms with E-state index in [0.29, 0.717) is 33.0 Å². The number of methoxy groups -OCH3 is 1. The number of carbonyl (C=O) groups is 2. The summed E-state index contributed by atoms with van der Waals surface area (Å²) < 4.78 is 6.86. The van der Waals surface area contributed by atoms with Crippen molar-refractivity contribution < 1.29 is 14.3 Å². The van der Waals surface area contributed by atoms with Crippen LogP contribution in [0.5, 0.6) is 5.75 Å². The van der Waals surface area contributed by atoms with Crippen molar-refractivity contribution in [3.63, 3.8) is 0 Å². The lowest BCUT2D eigenvalue weighted by molar-refractivity contribution is -0.113. The number of ether oxygens (including phenoxy) is 1. The zero-order valence-corrected chi connectivity index (χ0v) is 18.8. The van der Waals surface area contributed by atoms with Crippen molar-refractivity contribution >= 4 is 40.9 Å². The molecule has 10 heteroatoms. The fraction of sp³-hybridized carbons (Fsp3) is 0.238. The number of halogens is 1. The number of carbonyl (C=O) groups excluding carboxylic acids is 2. The highest BCUT2D eigenvalue weighted by Gasteiger charge is 2.19. The summed E-state index contributed by atoms with van der Waals surface area (Å²) in [5.41, 5.74) is 1.07. The minimum absolute atomic E-state index is 0.143. The van der Waals surface area contributed by atoms with Gasteiger partial charge in [-0.15, -0.1) is 10.2 Å². The standard InChI is InChI=1S/C21H22ClN5O3S/c1-13(23-20(29)14-8-10-15(30-3)11-9-14)19-25-26-21(27(19)2)31-12-18(28)24-17-7-5-4-6-16(17)22/h4-11,13H,12H2,1-3H3,(H,23,29)(H,24,28)/t13-/m1/s1. The molecule has 0 spiro atoms. The van der Waals surface area contributed by atoms with Crippen molar-refractivity contribution in [1.82, 2.24) is 20.1 Å². The van der Waals surface area contributed by atoms with Crippen molar-refractivity contribution in [3.05, 3.63) is 64.9 Å². The van der Waals surface area contributed by atoms with Gasteiger partial charge in [0, 0.05) is 12.6 Å². The second-order valence-corrected chi connectivity index (χ2v) is 7.99. The molecule has 0 aliphatic rings. The molecule has 3 aromatic rings. The van der Waals surface area contributed by atoms with Gasteiger partial charge in [-0.05, 0) is 43.3 Å². The topological polar surface area (TPSA) is 98.1 Å². The van der Waals surface area contributed by atoms with Crippen LogP contribution in [-0.2, 0) is 11.8 Å². The molecule has 2 aromatic carbocycles. The molecule has 2 amide bonds. The van der Waals surface area contributed by atoms with Crippen LogP contribution in [-0.4, -0.2) is 39.4 Å². The van der Waals surface area contributed by atoms with Gasteiger partial charge in [-0.3, -0.25) is 9.59 Å². The summed E-state index contributed by atoms with van der Waals surface area (Å²) in [6.45, 7) is 1.82. The average molecular weight is 460 g/mol. The zero-order valence-electron chi connectivity index (χ0n) is 17.3. The maximum Gasteiger partial charge on any atom is 0.251 e. The Labute approximate surface area is 189 Å². The number of hydrogen-bond donors (Lipinski definition) is 2. The fourth-order valence-corrected chi connectivity index (χ4v) is 3.70. The van der Waals surface area contributed by atoms with Gasteiger partial charge in [-0.2, -0.15) is 0 Å². The minimum atomic E-state index is -0.376. The van der Waals surface area contributed by atoms with E-state index in [9.17, 15) is 9.59 Å². The molecule has 0 aliphatic carbocycles. The highest BCUT2D eigenvalue weighted by molar-refractivity contribution is 7.99. The summed E-state index contributed by atoms with van der Waals surface area (Å²) in [6, 6.07) is 13.5. The summed E-state index contributed by atoms with van der Waals surface area (Å²) in [6.07, 6.45) is 0. The quantitative estimate of drug-likeness (QED) is 0.498. The van der Waals surface area contributed by atoms with Crippen molar-refractivity contribution in [1.29, 1.82) is 0 Å². The van der Waals surface area contributed by atoms with Crippen LogP contribution in [0.1, 0.15) is 29.1 Å². The summed E-state index contributed by atoms with van der Waals surface area (Å²) in [5.74, 6) is 0.966. The maximum absolute atomic E-state index is 12.5. The number of amides is 2. The number of para-hydroxylation sites is 1. The Bertz CT molecular complexity index is 1070. The maximum atomic E-state index is 12.5. The summed E-state index contributed by atoms with van der Waals surface area (Å²) >= 11 is 7.31. The third-order valence-electron chi connectivity index (χ3n) is 4.44. The molecule has 2 N–H and O–H groups in total. The third-order valence-corrected chi connectivity index (χ3v) is 5.79. The Balaban J connectivity index is 1.57. The molecule has 8 nitrogen and oxygen atoms in total. The molecule has 3 rings (SSSR count). The van der Waals surface area contributed by atoms with E-state index in [1.807, 2.05) is 6.92 Å². The molecule has 0 saturated carbocycles. The Morgan fingerprint density at radius 3 is 2.55 bits per heavy atom. The van der Waals surface area contributed by atoms with E-state index in [0.717, 1.165) is 0 Å². The van der Waals surface area contributed by atoms with Crippen molar-refractivity contribution in [2.75, 3.05) is 18.2 Å². The molecule has 1 atom stereocenters. The van der Waals surface area contributed by atoms with E-state index < -0.39 is 0 Å². The van der Waals surface area contributed by atoms with E-state index in [2.05, 4.69) is 20.8 Å². The lowest BCUT2D eigenvalue weighted by Gasteiger charge is -2.14. The number of benzene rings is 2. The molecule has 0 aliphatic heterocycles. The Kier molecular flexibility index (Phi) is 7.54. The highest BCUT2D eigenvalue weighted by atomic mass is 35.5. The van der Waals surface area contributed by atoms with Crippen molar-refractivity contribution in [2.24, 2.45) is 7.05 Å². The molecular weight excluding hydrogens is 438 g/mol. The molecular formula is C21H22ClN5O3S. The van der Waals surface area contributed by atoms with Crippen LogP contribution < -0.4 is 15.4 Å². The van der Waals surface area contributed by atoms with E-state index in [1.165, 1.54) is 11.8 Å². The number of thioether (sulfide) groups is 1. The van der Waals surface area contributed by atoms with Crippen molar-refractivity contribution in [3.8, 4) is 5.75 Å². The highest BCUT2D eigenvalue weighted by Crippen LogP contribution is 2.23. The van der Waals surface area contributed by atoms with E-state index in [1.54, 1.807) is 67.3 Å². The van der Waals surface area contributed by atoms with Crippen LogP contribution in [0.2, 0.25) is 5.02 Å². The van der Waals surface area contributed by atoms with E-state index >= 15 is 0 Å². The van der Waals surface area contributed by atoms with Gasteiger partial charge in [0.1, 0.15) is 5.75 Å². The molecule has 0 radical (unpaired) electrons. The number of hydrogen-bond acceptors (Lipinski definition) is 6. The van der Waals surface area contributed by atoms with Gasteiger partial charge in [0.05, 0.1) is 29.6 Å². The molecule has 1 heterocycles. The molecule has 0 unspecified atom stereocenters. The second kappa shape index (κ2) is 10.3. The first kappa shape index (κ1) is 22.6. The number of anilines is 1. The summed E-state index contributed by atoms with van der Waals surface area (Å²) in [5, 5.41) is 15.0. The molecule has 31 heavy (non-hydrogen) atoms. The van der Waals surface area contributed by atoms with Gasteiger partial charge >= 0.3 is 0 Å². The van der Waals surface area contributed by atoms with Gasteiger partial charge < -0.3 is 19.9 Å². The number of nitrogens with one attached hydrogen (secondary N) is 2. The minimum Gasteiger partial charge on any atom is -0.497 e. The SMILES string of the molecule is COc1ccc(C(=O)N[C@H](C)c2nnc(SCC(=O)Nc3ccccc3Cl)n2C)cc1. The molecule has 0 saturated heterocycles. The molecule has 1 aromatic heterocycles. The van der Waals surface area contributed by atoms with Crippen LogP contribution in [0.4, 0.5) is 5.69 Å². The predicted octanol–water partition coefficient (Wildman–Crippen LogP) is 3.70. The van der Waals surface area contributed by atoms with Crippen LogP contribution in [0.15, 0.2) is 53.7 Å². The Hall–Kier alpha value is -3.04. The number of nitrogens with zero attached hydrogens (tertiary/aromatic N) is 3. The van der Waals surface area contributed by atoms with Crippen LogP contribution in [0.25, 0.3) is 0 Å². The summed E-state index contributed by atoms with van der Waals surface area (Å²) in [4.78, 5) is 24.7. The van der Waals surface area contributed by atoms with Gasteiger partial charge in [0.2, 0.25) is 5.91 Å².